The molecule has 0 fully saturated rings. The van der Waals surface area contributed by atoms with E-state index in [-0.39, 0.29) is 11.3 Å². The Morgan fingerprint density at radius 1 is 0.549 bits per heavy atom. The van der Waals surface area contributed by atoms with Crippen molar-refractivity contribution in [2.24, 2.45) is 9.98 Å². The van der Waals surface area contributed by atoms with Gasteiger partial charge in [-0.25, -0.2) is 9.98 Å². The van der Waals surface area contributed by atoms with Gasteiger partial charge in [0.05, 0.1) is 0 Å². The molecule has 0 saturated heterocycles. The van der Waals surface area contributed by atoms with E-state index >= 15 is 0 Å². The molecule has 1 aliphatic carbocycles. The number of fused-ring (bicyclic) bond motifs is 7. The average molecular weight is 654 g/mol. The van der Waals surface area contributed by atoms with Gasteiger partial charge < -0.3 is 0 Å². The molecule has 0 spiro atoms. The fourth-order valence-corrected chi connectivity index (χ4v) is 7.84. The molecule has 0 bridgehead atoms. The maximum Gasteiger partial charge on any atom is 0.162 e. The number of aliphatic imine (C=N–C) groups is 2. The third kappa shape index (κ3) is 5.17. The lowest BCUT2D eigenvalue weighted by Crippen LogP contribution is -2.15. The van der Waals surface area contributed by atoms with Crippen LogP contribution in [0.5, 0.6) is 0 Å². The number of hydrogen-bond donors (Lipinski definition) is 1. The van der Waals surface area contributed by atoms with Crippen molar-refractivity contribution in [3.05, 3.63) is 192 Å². The summed E-state index contributed by atoms with van der Waals surface area (Å²) in [4.78, 5) is 10.3. The minimum atomic E-state index is -0.176. The molecule has 0 amide bonds. The predicted molar refractivity (Wildman–Crippen MR) is 216 cm³/mol. The predicted octanol–water partition coefficient (Wildman–Crippen LogP) is 12.0. The highest BCUT2D eigenvalue weighted by molar-refractivity contribution is 6.23. The van der Waals surface area contributed by atoms with E-state index in [1.54, 1.807) is 0 Å². The Hall–Kier alpha value is -6.45. The molecular formula is C48H35N3. The van der Waals surface area contributed by atoms with Gasteiger partial charge in [0.1, 0.15) is 0 Å². The van der Waals surface area contributed by atoms with Crippen LogP contribution < -0.4 is 0 Å². The zero-order valence-corrected chi connectivity index (χ0v) is 28.6. The minimum absolute atomic E-state index is 0.165. The maximum absolute atomic E-state index is 9.28. The third-order valence-corrected chi connectivity index (χ3v) is 10.5. The molecule has 0 radical (unpaired) electrons. The van der Waals surface area contributed by atoms with Crippen LogP contribution in [-0.4, -0.2) is 17.9 Å². The van der Waals surface area contributed by atoms with Crippen molar-refractivity contribution in [3.8, 4) is 22.3 Å². The van der Waals surface area contributed by atoms with E-state index in [9.17, 15) is 5.41 Å². The molecule has 8 aromatic rings. The molecule has 8 aromatic carbocycles. The van der Waals surface area contributed by atoms with Gasteiger partial charge in [-0.05, 0) is 71.8 Å². The smallest absolute Gasteiger partial charge is 0.162 e. The van der Waals surface area contributed by atoms with Crippen molar-refractivity contribution in [3.63, 3.8) is 0 Å². The van der Waals surface area contributed by atoms with Crippen molar-refractivity contribution in [1.82, 2.24) is 0 Å². The highest BCUT2D eigenvalue weighted by atomic mass is 15.0. The van der Waals surface area contributed by atoms with Gasteiger partial charge >= 0.3 is 0 Å². The first-order valence-corrected chi connectivity index (χ1v) is 17.4. The Kier molecular flexibility index (Phi) is 7.29. The SMILES string of the molecule is CC1(C)c2ccccc2-c2c(C(N=Cc3c4ccccc4cc4c3ccc3ccccc34)=NC(=N)c3ccc(-c4ccccc4)cc3)cccc21. The Labute approximate surface area is 297 Å². The molecule has 0 heterocycles. The van der Waals surface area contributed by atoms with E-state index in [2.05, 4.69) is 147 Å². The molecule has 3 nitrogen and oxygen atoms in total. The largest absolute Gasteiger partial charge is 0.282 e. The van der Waals surface area contributed by atoms with Gasteiger partial charge in [-0.1, -0.05) is 172 Å². The summed E-state index contributed by atoms with van der Waals surface area (Å²) in [5.74, 6) is 0.678. The summed E-state index contributed by atoms with van der Waals surface area (Å²) in [6.45, 7) is 4.56. The molecule has 0 atom stereocenters. The lowest BCUT2D eigenvalue weighted by Gasteiger charge is -2.21. The molecule has 51 heavy (non-hydrogen) atoms. The highest BCUT2D eigenvalue weighted by Crippen LogP contribution is 2.50. The summed E-state index contributed by atoms with van der Waals surface area (Å²) in [6, 6.07) is 57.2. The normalized spacial score (nSPS) is 13.6. The van der Waals surface area contributed by atoms with Gasteiger partial charge in [0.25, 0.3) is 0 Å². The fourth-order valence-electron chi connectivity index (χ4n) is 7.84. The van der Waals surface area contributed by atoms with Crippen molar-refractivity contribution < 1.29 is 0 Å². The summed E-state index contributed by atoms with van der Waals surface area (Å²) < 4.78 is 0. The summed E-state index contributed by atoms with van der Waals surface area (Å²) >= 11 is 0. The van der Waals surface area contributed by atoms with Gasteiger partial charge in [-0.3, -0.25) is 5.41 Å². The fraction of sp³-hybridized carbons (Fsp3) is 0.0625. The van der Waals surface area contributed by atoms with Gasteiger partial charge in [0, 0.05) is 28.3 Å². The first-order chi connectivity index (χ1) is 25.0. The summed E-state index contributed by atoms with van der Waals surface area (Å²) in [5, 5.41) is 16.3. The van der Waals surface area contributed by atoms with Gasteiger partial charge in [0.15, 0.2) is 11.7 Å². The van der Waals surface area contributed by atoms with E-state index in [4.69, 9.17) is 9.98 Å². The lowest BCUT2D eigenvalue weighted by molar-refractivity contribution is 0.660. The Morgan fingerprint density at radius 2 is 1.22 bits per heavy atom. The second kappa shape index (κ2) is 12.2. The quantitative estimate of drug-likeness (QED) is 0.0850. The summed E-state index contributed by atoms with van der Waals surface area (Å²) in [7, 11) is 0. The Bertz CT molecular complexity index is 2720. The molecule has 1 aliphatic rings. The van der Waals surface area contributed by atoms with Crippen LogP contribution in [0.3, 0.4) is 0 Å². The number of rotatable bonds is 4. The van der Waals surface area contributed by atoms with Crippen LogP contribution in [0.25, 0.3) is 54.6 Å². The van der Waals surface area contributed by atoms with Crippen molar-refractivity contribution in [1.29, 1.82) is 5.41 Å². The molecule has 0 unspecified atom stereocenters. The standard InChI is InChI=1S/C48H35N3/c1-48(2)43-21-11-10-19-39(43)45-40(20-12-22-44(45)48)47(51-46(49)34-25-23-32(24-26-34)31-13-4-3-5-14-31)50-30-42-37-18-9-7-16-35(37)29-41-36-17-8-6-15-33(36)27-28-38(41)42/h3-30,49H,1-2H3. The number of nitrogens with zero attached hydrogens (tertiary/aromatic N) is 2. The first kappa shape index (κ1) is 30.6. The average Bonchev–Trinajstić information content (AvgIpc) is 3.42. The second-order valence-electron chi connectivity index (χ2n) is 13.8. The molecule has 0 saturated carbocycles. The van der Waals surface area contributed by atoms with Crippen LogP contribution in [0.4, 0.5) is 0 Å². The molecular weight excluding hydrogens is 619 g/mol. The Morgan fingerprint density at radius 3 is 2.04 bits per heavy atom. The number of amidine groups is 2. The number of hydrogen-bond acceptors (Lipinski definition) is 1. The minimum Gasteiger partial charge on any atom is -0.282 e. The zero-order chi connectivity index (χ0) is 34.5. The van der Waals surface area contributed by atoms with Crippen LogP contribution in [0, 0.1) is 5.41 Å². The molecule has 0 aliphatic heterocycles. The van der Waals surface area contributed by atoms with Crippen molar-refractivity contribution in [2.75, 3.05) is 0 Å². The van der Waals surface area contributed by atoms with Gasteiger partial charge in [-0.2, -0.15) is 0 Å². The Balaban J connectivity index is 1.24. The number of benzene rings is 8. The topological polar surface area (TPSA) is 48.6 Å². The summed E-state index contributed by atoms with van der Waals surface area (Å²) in [5.41, 5.74) is 9.61. The van der Waals surface area contributed by atoms with E-state index in [0.29, 0.717) is 5.84 Å². The van der Waals surface area contributed by atoms with Gasteiger partial charge in [-0.15, -0.1) is 0 Å². The van der Waals surface area contributed by atoms with Crippen molar-refractivity contribution in [2.45, 2.75) is 19.3 Å². The maximum atomic E-state index is 9.28. The number of nitrogens with one attached hydrogen (secondary N) is 1. The van der Waals surface area contributed by atoms with Gasteiger partial charge in [0.2, 0.25) is 0 Å². The van der Waals surface area contributed by atoms with E-state index in [1.807, 2.05) is 36.5 Å². The first-order valence-electron chi connectivity index (χ1n) is 17.4. The van der Waals surface area contributed by atoms with Crippen LogP contribution in [0.1, 0.15) is 41.7 Å². The van der Waals surface area contributed by atoms with Crippen LogP contribution in [-0.2, 0) is 5.41 Å². The highest BCUT2D eigenvalue weighted by Gasteiger charge is 2.37. The molecule has 3 heteroatoms. The van der Waals surface area contributed by atoms with E-state index in [0.717, 1.165) is 49.5 Å². The van der Waals surface area contributed by atoms with Crippen LogP contribution in [0.2, 0.25) is 0 Å². The van der Waals surface area contributed by atoms with Crippen LogP contribution in [0.15, 0.2) is 174 Å². The van der Waals surface area contributed by atoms with E-state index in [1.165, 1.54) is 32.8 Å². The molecule has 9 rings (SSSR count). The van der Waals surface area contributed by atoms with Crippen LogP contribution >= 0.6 is 0 Å². The summed E-state index contributed by atoms with van der Waals surface area (Å²) in [6.07, 6.45) is 1.97. The monoisotopic (exact) mass is 653 g/mol. The zero-order valence-electron chi connectivity index (χ0n) is 28.6. The second-order valence-corrected chi connectivity index (χ2v) is 13.8. The lowest BCUT2D eigenvalue weighted by atomic mass is 9.82. The van der Waals surface area contributed by atoms with Crippen molar-refractivity contribution >= 4 is 50.2 Å². The molecule has 1 N–H and O–H groups in total. The molecule has 0 aromatic heterocycles. The molecule has 242 valence electrons. The third-order valence-electron chi connectivity index (χ3n) is 10.5. The van der Waals surface area contributed by atoms with E-state index < -0.39 is 0 Å².